The third-order valence-electron chi connectivity index (χ3n) is 3.91. The zero-order valence-corrected chi connectivity index (χ0v) is 16.4. The third kappa shape index (κ3) is 5.44. The minimum absolute atomic E-state index is 0.00322. The van der Waals surface area contributed by atoms with Gasteiger partial charge in [0.25, 0.3) is 0 Å². The Morgan fingerprint density at radius 2 is 1.88 bits per heavy atom. The number of hydrogen-bond donors (Lipinski definition) is 1. The molecule has 5 heteroatoms. The lowest BCUT2D eigenvalue weighted by Gasteiger charge is -2.15. The van der Waals surface area contributed by atoms with Crippen LogP contribution in [0.5, 0.6) is 0 Å². The molecule has 0 saturated carbocycles. The van der Waals surface area contributed by atoms with Crippen LogP contribution in [0.4, 0.5) is 0 Å². The lowest BCUT2D eigenvalue weighted by molar-refractivity contribution is -0.119. The Kier molecular flexibility index (Phi) is 7.02. The average molecular weight is 382 g/mol. The molecule has 2 nitrogen and oxygen atoms in total. The van der Waals surface area contributed by atoms with Gasteiger partial charge < -0.3 is 5.32 Å². The number of aryl methyl sites for hydroxylation is 2. The van der Waals surface area contributed by atoms with Crippen molar-refractivity contribution in [2.45, 2.75) is 32.6 Å². The first-order valence-electron chi connectivity index (χ1n) is 7.75. The van der Waals surface area contributed by atoms with Crippen LogP contribution in [0, 0.1) is 13.8 Å². The van der Waals surface area contributed by atoms with E-state index >= 15 is 0 Å². The molecule has 0 aliphatic rings. The molecule has 0 saturated heterocycles. The maximum absolute atomic E-state index is 12.1. The van der Waals surface area contributed by atoms with Crippen molar-refractivity contribution in [1.82, 2.24) is 5.32 Å². The Hall–Kier alpha value is -1.16. The van der Waals surface area contributed by atoms with E-state index < -0.39 is 0 Å². The van der Waals surface area contributed by atoms with Crippen molar-refractivity contribution in [3.8, 4) is 0 Å². The fraction of sp³-hybridized carbons (Fsp3) is 0.316. The lowest BCUT2D eigenvalue weighted by atomic mass is 10.0. The highest BCUT2D eigenvalue weighted by Crippen LogP contribution is 2.24. The smallest absolute Gasteiger partial charge is 0.230 e. The van der Waals surface area contributed by atoms with E-state index in [9.17, 15) is 4.79 Å². The monoisotopic (exact) mass is 381 g/mol. The van der Waals surface area contributed by atoms with Gasteiger partial charge in [-0.25, -0.2) is 0 Å². The van der Waals surface area contributed by atoms with Crippen molar-refractivity contribution < 1.29 is 4.79 Å². The number of carbonyl (C=O) groups is 1. The summed E-state index contributed by atoms with van der Waals surface area (Å²) in [5.74, 6) is 1.10. The van der Waals surface area contributed by atoms with E-state index in [0.29, 0.717) is 21.6 Å². The summed E-state index contributed by atoms with van der Waals surface area (Å²) < 4.78 is 0. The number of amides is 1. The molecule has 1 atom stereocenters. The van der Waals surface area contributed by atoms with Gasteiger partial charge in [-0.2, -0.15) is 0 Å². The fourth-order valence-electron chi connectivity index (χ4n) is 2.29. The number of thioether (sulfide) groups is 1. The van der Waals surface area contributed by atoms with Gasteiger partial charge in [0.2, 0.25) is 5.91 Å². The topological polar surface area (TPSA) is 29.1 Å². The van der Waals surface area contributed by atoms with Gasteiger partial charge in [0, 0.05) is 15.8 Å². The number of halogens is 2. The fourth-order valence-corrected chi connectivity index (χ4v) is 3.69. The van der Waals surface area contributed by atoms with Crippen LogP contribution in [0.3, 0.4) is 0 Å². The maximum atomic E-state index is 12.1. The second-order valence-corrected chi connectivity index (χ2v) is 7.69. The maximum Gasteiger partial charge on any atom is 0.230 e. The summed E-state index contributed by atoms with van der Waals surface area (Å²) in [5, 5.41) is 4.30. The molecule has 2 aromatic carbocycles. The number of carbonyl (C=O) groups excluding carboxylic acids is 1. The van der Waals surface area contributed by atoms with E-state index in [-0.39, 0.29) is 11.9 Å². The zero-order valence-electron chi connectivity index (χ0n) is 14.0. The zero-order chi connectivity index (χ0) is 17.7. The summed E-state index contributed by atoms with van der Waals surface area (Å²) in [5.41, 5.74) is 4.60. The second-order valence-electron chi connectivity index (χ2n) is 5.86. The van der Waals surface area contributed by atoms with Gasteiger partial charge in [-0.1, -0.05) is 47.5 Å². The number of nitrogens with one attached hydrogen (secondary N) is 1. The van der Waals surface area contributed by atoms with Gasteiger partial charge in [0.15, 0.2) is 0 Å². The van der Waals surface area contributed by atoms with E-state index in [0.717, 1.165) is 11.1 Å². The van der Waals surface area contributed by atoms with E-state index in [4.69, 9.17) is 23.2 Å². The Balaban J connectivity index is 1.83. The van der Waals surface area contributed by atoms with Crippen molar-refractivity contribution in [3.05, 3.63) is 68.7 Å². The average Bonchev–Trinajstić information content (AvgIpc) is 2.52. The molecule has 0 fully saturated rings. The molecule has 0 aliphatic carbocycles. The van der Waals surface area contributed by atoms with Crippen LogP contribution < -0.4 is 5.32 Å². The number of hydrogen-bond acceptors (Lipinski definition) is 2. The van der Waals surface area contributed by atoms with Crippen LogP contribution in [0.25, 0.3) is 0 Å². The van der Waals surface area contributed by atoms with Crippen molar-refractivity contribution in [2.75, 3.05) is 5.75 Å². The van der Waals surface area contributed by atoms with E-state index in [1.54, 1.807) is 6.07 Å². The minimum Gasteiger partial charge on any atom is -0.349 e. The highest BCUT2D eigenvalue weighted by Gasteiger charge is 2.11. The first-order valence-corrected chi connectivity index (χ1v) is 9.66. The minimum atomic E-state index is -0.00322. The molecule has 0 aliphatic heterocycles. The Bertz CT molecular complexity index is 733. The van der Waals surface area contributed by atoms with Gasteiger partial charge in [-0.05, 0) is 55.2 Å². The number of benzene rings is 2. The summed E-state index contributed by atoms with van der Waals surface area (Å²) in [6.45, 7) is 6.17. The van der Waals surface area contributed by atoms with Crippen LogP contribution in [0.1, 0.15) is 35.2 Å². The molecular formula is C19H21Cl2NOS. The van der Waals surface area contributed by atoms with E-state index in [2.05, 4.69) is 37.4 Å². The standard InChI is InChI=1S/C19H21Cl2NOS/c1-12-4-5-15(8-13(12)2)14(3)22-19(23)11-24-10-16-6-7-17(20)9-18(16)21/h4-9,14H,10-11H2,1-3H3,(H,22,23)/t14-/m0/s1. The molecular weight excluding hydrogens is 361 g/mol. The Labute approximate surface area is 157 Å². The normalized spacial score (nSPS) is 12.0. The summed E-state index contributed by atoms with van der Waals surface area (Å²) in [6, 6.07) is 11.7. The largest absolute Gasteiger partial charge is 0.349 e. The third-order valence-corrected chi connectivity index (χ3v) is 5.48. The van der Waals surface area contributed by atoms with Crippen LogP contribution in [-0.4, -0.2) is 11.7 Å². The van der Waals surface area contributed by atoms with Gasteiger partial charge in [-0.15, -0.1) is 11.8 Å². The Morgan fingerprint density at radius 1 is 1.12 bits per heavy atom. The molecule has 0 unspecified atom stereocenters. The van der Waals surface area contributed by atoms with Crippen LogP contribution >= 0.6 is 35.0 Å². The van der Waals surface area contributed by atoms with Crippen molar-refractivity contribution in [1.29, 1.82) is 0 Å². The lowest BCUT2D eigenvalue weighted by Crippen LogP contribution is -2.28. The Morgan fingerprint density at radius 3 is 2.54 bits per heavy atom. The molecule has 1 amide bonds. The highest BCUT2D eigenvalue weighted by atomic mass is 35.5. The molecule has 24 heavy (non-hydrogen) atoms. The van der Waals surface area contributed by atoms with Gasteiger partial charge in [0.05, 0.1) is 11.8 Å². The molecule has 0 bridgehead atoms. The molecule has 0 aromatic heterocycles. The van der Waals surface area contributed by atoms with E-state index in [1.165, 1.54) is 22.9 Å². The first kappa shape index (κ1) is 19.2. The summed E-state index contributed by atoms with van der Waals surface area (Å²) >= 11 is 13.6. The second kappa shape index (κ2) is 8.80. The summed E-state index contributed by atoms with van der Waals surface area (Å²) in [7, 11) is 0. The molecule has 128 valence electrons. The SMILES string of the molecule is Cc1ccc([C@H](C)NC(=O)CSCc2ccc(Cl)cc2Cl)cc1C. The van der Waals surface area contributed by atoms with Crippen molar-refractivity contribution in [2.24, 2.45) is 0 Å². The highest BCUT2D eigenvalue weighted by molar-refractivity contribution is 7.99. The first-order chi connectivity index (χ1) is 11.4. The molecule has 0 radical (unpaired) electrons. The predicted molar refractivity (Wildman–Crippen MR) is 105 cm³/mol. The quantitative estimate of drug-likeness (QED) is 0.692. The van der Waals surface area contributed by atoms with Crippen LogP contribution in [-0.2, 0) is 10.5 Å². The van der Waals surface area contributed by atoms with Crippen LogP contribution in [0.15, 0.2) is 36.4 Å². The van der Waals surface area contributed by atoms with Crippen LogP contribution in [0.2, 0.25) is 10.0 Å². The predicted octanol–water partition coefficient (Wildman–Crippen LogP) is 5.72. The van der Waals surface area contributed by atoms with E-state index in [1.807, 2.05) is 19.1 Å². The molecule has 0 heterocycles. The molecule has 1 N–H and O–H groups in total. The van der Waals surface area contributed by atoms with Crippen molar-refractivity contribution in [3.63, 3.8) is 0 Å². The summed E-state index contributed by atoms with van der Waals surface area (Å²) in [6.07, 6.45) is 0. The molecule has 2 aromatic rings. The molecule has 0 spiro atoms. The van der Waals surface area contributed by atoms with Gasteiger partial charge in [0.1, 0.15) is 0 Å². The van der Waals surface area contributed by atoms with Crippen molar-refractivity contribution >= 4 is 40.9 Å². The van der Waals surface area contributed by atoms with Gasteiger partial charge >= 0.3 is 0 Å². The molecule has 2 rings (SSSR count). The summed E-state index contributed by atoms with van der Waals surface area (Å²) in [4.78, 5) is 12.1. The van der Waals surface area contributed by atoms with Gasteiger partial charge in [-0.3, -0.25) is 4.79 Å². The number of rotatable bonds is 6.